The number of primary amides is 1. The number of morpholine rings is 1. The molecule has 2 heterocycles. The standard InChI is InChI=1S/C18H17ClN2O3S/c19-13-3-1-2-12(10-13)16-6-4-14(25-16)5-7-17(22)21-8-9-24-15(11-21)18(20)23/h1-7,10,15H,8-9,11H2,(H2,20,23). The van der Waals surface area contributed by atoms with Gasteiger partial charge in [0.05, 0.1) is 13.2 Å². The molecular formula is C18H17ClN2O3S. The highest BCUT2D eigenvalue weighted by Gasteiger charge is 2.26. The summed E-state index contributed by atoms with van der Waals surface area (Å²) in [7, 11) is 0. The topological polar surface area (TPSA) is 72.6 Å². The molecule has 1 aliphatic rings. The van der Waals surface area contributed by atoms with Crippen LogP contribution in [0.15, 0.2) is 42.5 Å². The van der Waals surface area contributed by atoms with Crippen LogP contribution in [0.5, 0.6) is 0 Å². The molecule has 1 aromatic heterocycles. The molecular weight excluding hydrogens is 360 g/mol. The Labute approximate surface area is 154 Å². The van der Waals surface area contributed by atoms with E-state index in [1.807, 2.05) is 36.4 Å². The summed E-state index contributed by atoms with van der Waals surface area (Å²) in [6.07, 6.45) is 2.55. The molecule has 2 aromatic rings. The Bertz CT molecular complexity index is 818. The molecule has 5 nitrogen and oxygen atoms in total. The third-order valence-electron chi connectivity index (χ3n) is 3.82. The predicted molar refractivity (Wildman–Crippen MR) is 99.3 cm³/mol. The van der Waals surface area contributed by atoms with Gasteiger partial charge in [0.2, 0.25) is 11.8 Å². The van der Waals surface area contributed by atoms with Crippen LogP contribution in [-0.2, 0) is 14.3 Å². The summed E-state index contributed by atoms with van der Waals surface area (Å²) >= 11 is 7.60. The highest BCUT2D eigenvalue weighted by Crippen LogP contribution is 2.30. The summed E-state index contributed by atoms with van der Waals surface area (Å²) in [5.41, 5.74) is 6.28. The van der Waals surface area contributed by atoms with Crippen LogP contribution in [0.3, 0.4) is 0 Å². The first-order chi connectivity index (χ1) is 12.0. The fourth-order valence-electron chi connectivity index (χ4n) is 2.52. The molecule has 1 fully saturated rings. The van der Waals surface area contributed by atoms with Crippen LogP contribution >= 0.6 is 22.9 Å². The molecule has 0 radical (unpaired) electrons. The molecule has 0 bridgehead atoms. The highest BCUT2D eigenvalue weighted by atomic mass is 35.5. The minimum absolute atomic E-state index is 0.160. The number of rotatable bonds is 4. The van der Waals surface area contributed by atoms with Gasteiger partial charge in [0, 0.05) is 27.4 Å². The maximum Gasteiger partial charge on any atom is 0.248 e. The lowest BCUT2D eigenvalue weighted by Crippen LogP contribution is -2.50. The lowest BCUT2D eigenvalue weighted by atomic mass is 10.2. The minimum atomic E-state index is -0.734. The maximum absolute atomic E-state index is 12.3. The summed E-state index contributed by atoms with van der Waals surface area (Å²) in [6.45, 7) is 0.951. The number of thiophene rings is 1. The van der Waals surface area contributed by atoms with Crippen molar-refractivity contribution in [2.24, 2.45) is 5.73 Å². The second-order valence-electron chi connectivity index (χ2n) is 5.59. The highest BCUT2D eigenvalue weighted by molar-refractivity contribution is 7.16. The molecule has 1 unspecified atom stereocenters. The van der Waals surface area contributed by atoms with Crippen LogP contribution in [0.2, 0.25) is 5.02 Å². The van der Waals surface area contributed by atoms with Gasteiger partial charge in [-0.25, -0.2) is 0 Å². The fourth-order valence-corrected chi connectivity index (χ4v) is 3.62. The lowest BCUT2D eigenvalue weighted by Gasteiger charge is -2.30. The van der Waals surface area contributed by atoms with Gasteiger partial charge in [-0.15, -0.1) is 11.3 Å². The van der Waals surface area contributed by atoms with Crippen molar-refractivity contribution in [3.8, 4) is 10.4 Å². The smallest absolute Gasteiger partial charge is 0.248 e. The predicted octanol–water partition coefficient (Wildman–Crippen LogP) is 2.79. The number of nitrogens with zero attached hydrogens (tertiary/aromatic N) is 1. The van der Waals surface area contributed by atoms with Crippen molar-refractivity contribution in [3.05, 3.63) is 52.4 Å². The van der Waals surface area contributed by atoms with Crippen molar-refractivity contribution < 1.29 is 14.3 Å². The number of hydrogen-bond donors (Lipinski definition) is 1. The second-order valence-corrected chi connectivity index (χ2v) is 7.14. The molecule has 3 rings (SSSR count). The van der Waals surface area contributed by atoms with Crippen molar-refractivity contribution in [1.82, 2.24) is 4.90 Å². The van der Waals surface area contributed by atoms with Crippen LogP contribution in [0.1, 0.15) is 4.88 Å². The number of carbonyl (C=O) groups is 2. The first-order valence-electron chi connectivity index (χ1n) is 7.76. The van der Waals surface area contributed by atoms with Gasteiger partial charge in [-0.2, -0.15) is 0 Å². The van der Waals surface area contributed by atoms with Crippen molar-refractivity contribution in [1.29, 1.82) is 0 Å². The molecule has 0 spiro atoms. The number of hydrogen-bond acceptors (Lipinski definition) is 4. The summed E-state index contributed by atoms with van der Waals surface area (Å²) in [5.74, 6) is -0.710. The van der Waals surface area contributed by atoms with Crippen LogP contribution in [0.4, 0.5) is 0 Å². The maximum atomic E-state index is 12.3. The molecule has 2 amide bonds. The van der Waals surface area contributed by atoms with Gasteiger partial charge in [0.1, 0.15) is 0 Å². The van der Waals surface area contributed by atoms with Gasteiger partial charge >= 0.3 is 0 Å². The summed E-state index contributed by atoms with van der Waals surface area (Å²) < 4.78 is 5.24. The number of ether oxygens (including phenoxy) is 1. The Hall–Kier alpha value is -2.15. The van der Waals surface area contributed by atoms with Gasteiger partial charge in [0.15, 0.2) is 6.10 Å². The van der Waals surface area contributed by atoms with E-state index in [4.69, 9.17) is 22.1 Å². The Balaban J connectivity index is 1.66. The average molecular weight is 377 g/mol. The first kappa shape index (κ1) is 17.7. The van der Waals surface area contributed by atoms with Crippen molar-refractivity contribution in [2.75, 3.05) is 19.7 Å². The average Bonchev–Trinajstić information content (AvgIpc) is 3.09. The molecule has 1 saturated heterocycles. The van der Waals surface area contributed by atoms with Crippen LogP contribution in [0.25, 0.3) is 16.5 Å². The Morgan fingerprint density at radius 3 is 2.92 bits per heavy atom. The molecule has 1 atom stereocenters. The molecule has 25 heavy (non-hydrogen) atoms. The lowest BCUT2D eigenvalue weighted by molar-refractivity contribution is -0.142. The van der Waals surface area contributed by atoms with E-state index in [1.54, 1.807) is 22.3 Å². The molecule has 1 aliphatic heterocycles. The monoisotopic (exact) mass is 376 g/mol. The number of halogens is 1. The molecule has 0 saturated carbocycles. The van der Waals surface area contributed by atoms with E-state index < -0.39 is 12.0 Å². The van der Waals surface area contributed by atoms with Crippen molar-refractivity contribution in [2.45, 2.75) is 6.10 Å². The Morgan fingerprint density at radius 1 is 1.32 bits per heavy atom. The Kier molecular flexibility index (Phi) is 5.53. The van der Waals surface area contributed by atoms with Crippen LogP contribution in [-0.4, -0.2) is 42.5 Å². The summed E-state index contributed by atoms with van der Waals surface area (Å²) in [4.78, 5) is 27.1. The molecule has 7 heteroatoms. The van der Waals surface area contributed by atoms with Crippen LogP contribution < -0.4 is 5.73 Å². The quantitative estimate of drug-likeness (QED) is 0.834. The molecule has 1 aromatic carbocycles. The zero-order valence-corrected chi connectivity index (χ0v) is 14.9. The molecule has 0 aliphatic carbocycles. The number of amides is 2. The normalized spacial score (nSPS) is 17.8. The van der Waals surface area contributed by atoms with E-state index >= 15 is 0 Å². The van der Waals surface area contributed by atoms with Gasteiger partial charge in [-0.3, -0.25) is 9.59 Å². The molecule has 130 valence electrons. The van der Waals surface area contributed by atoms with Crippen LogP contribution in [0, 0.1) is 0 Å². The summed E-state index contributed by atoms with van der Waals surface area (Å²) in [5, 5.41) is 0.689. The van der Waals surface area contributed by atoms with Gasteiger partial charge in [-0.1, -0.05) is 23.7 Å². The zero-order valence-electron chi connectivity index (χ0n) is 13.4. The van der Waals surface area contributed by atoms with Gasteiger partial charge in [0.25, 0.3) is 0 Å². The molecule has 2 N–H and O–H groups in total. The minimum Gasteiger partial charge on any atom is -0.367 e. The van der Waals surface area contributed by atoms with E-state index in [0.29, 0.717) is 18.2 Å². The van der Waals surface area contributed by atoms with Gasteiger partial charge in [-0.05, 0) is 35.9 Å². The summed E-state index contributed by atoms with van der Waals surface area (Å²) in [6, 6.07) is 11.6. The number of carbonyl (C=O) groups excluding carboxylic acids is 2. The number of nitrogens with two attached hydrogens (primary N) is 1. The SMILES string of the molecule is NC(=O)C1CN(C(=O)C=Cc2ccc(-c3cccc(Cl)c3)s2)CCO1. The van der Waals surface area contributed by atoms with E-state index in [2.05, 4.69) is 0 Å². The van der Waals surface area contributed by atoms with Crippen molar-refractivity contribution in [3.63, 3.8) is 0 Å². The Morgan fingerprint density at radius 2 is 2.16 bits per heavy atom. The largest absolute Gasteiger partial charge is 0.367 e. The van der Waals surface area contributed by atoms with Gasteiger partial charge < -0.3 is 15.4 Å². The van der Waals surface area contributed by atoms with E-state index in [9.17, 15) is 9.59 Å². The van der Waals surface area contributed by atoms with E-state index in [0.717, 1.165) is 15.3 Å². The van der Waals surface area contributed by atoms with Crippen molar-refractivity contribution >= 4 is 40.8 Å². The third-order valence-corrected chi connectivity index (χ3v) is 5.16. The van der Waals surface area contributed by atoms with E-state index in [1.165, 1.54) is 6.08 Å². The number of benzene rings is 1. The fraction of sp³-hybridized carbons (Fsp3) is 0.222. The zero-order chi connectivity index (χ0) is 17.8. The van der Waals surface area contributed by atoms with E-state index in [-0.39, 0.29) is 12.5 Å². The first-order valence-corrected chi connectivity index (χ1v) is 8.96. The second kappa shape index (κ2) is 7.82. The third kappa shape index (κ3) is 4.48.